The van der Waals surface area contributed by atoms with Crippen molar-refractivity contribution in [2.24, 2.45) is 0 Å². The molecule has 1 aromatic rings. The molecule has 86 valence electrons. The molecule has 1 aliphatic carbocycles. The highest BCUT2D eigenvalue weighted by Gasteiger charge is 2.16. The van der Waals surface area contributed by atoms with Crippen LogP contribution in [-0.2, 0) is 6.42 Å². The van der Waals surface area contributed by atoms with E-state index in [1.165, 1.54) is 29.5 Å². The summed E-state index contributed by atoms with van der Waals surface area (Å²) in [5.41, 5.74) is 4.30. The van der Waals surface area contributed by atoms with Crippen molar-refractivity contribution in [3.05, 3.63) is 44.4 Å². The Morgan fingerprint density at radius 3 is 2.81 bits per heavy atom. The van der Waals surface area contributed by atoms with Crippen LogP contribution >= 0.6 is 27.5 Å². The fourth-order valence-electron chi connectivity index (χ4n) is 2.51. The Balaban J connectivity index is 2.54. The maximum atomic E-state index is 6.11. The second kappa shape index (κ2) is 4.93. The van der Waals surface area contributed by atoms with E-state index in [1.54, 1.807) is 0 Å². The van der Waals surface area contributed by atoms with Gasteiger partial charge in [0.2, 0.25) is 0 Å². The first-order valence-corrected chi connectivity index (χ1v) is 6.90. The van der Waals surface area contributed by atoms with Gasteiger partial charge in [0.25, 0.3) is 0 Å². The summed E-state index contributed by atoms with van der Waals surface area (Å²) in [5, 5.41) is 0.833. The van der Waals surface area contributed by atoms with Gasteiger partial charge in [0.1, 0.15) is 0 Å². The molecular weight excluding hydrogens is 284 g/mol. The summed E-state index contributed by atoms with van der Waals surface area (Å²) in [4.78, 5) is 0. The van der Waals surface area contributed by atoms with Crippen LogP contribution in [0.2, 0.25) is 5.02 Å². The first kappa shape index (κ1) is 12.2. The molecule has 0 spiro atoms. The minimum Gasteiger partial charge on any atom is -0.0843 e. The number of aryl methyl sites for hydroxylation is 1. The topological polar surface area (TPSA) is 0 Å². The minimum atomic E-state index is 0.474. The molecule has 2 heteroatoms. The van der Waals surface area contributed by atoms with Crippen LogP contribution in [0.5, 0.6) is 0 Å². The monoisotopic (exact) mass is 298 g/mol. The summed E-state index contributed by atoms with van der Waals surface area (Å²) in [6, 6.07) is 4.12. The molecule has 16 heavy (non-hydrogen) atoms. The smallest absolute Gasteiger partial charge is 0.0420 e. The molecule has 0 unspecified atom stereocenters. The van der Waals surface area contributed by atoms with Crippen molar-refractivity contribution in [1.29, 1.82) is 0 Å². The summed E-state index contributed by atoms with van der Waals surface area (Å²) in [7, 11) is 0. The molecule has 0 radical (unpaired) electrons. The third-order valence-electron chi connectivity index (χ3n) is 3.19. The van der Waals surface area contributed by atoms with Gasteiger partial charge in [-0.15, -0.1) is 0 Å². The van der Waals surface area contributed by atoms with Crippen molar-refractivity contribution in [2.75, 3.05) is 0 Å². The van der Waals surface area contributed by atoms with Crippen molar-refractivity contribution in [2.45, 2.75) is 39.0 Å². The van der Waals surface area contributed by atoms with Gasteiger partial charge < -0.3 is 0 Å². The van der Waals surface area contributed by atoms with E-state index in [1.807, 2.05) is 6.07 Å². The summed E-state index contributed by atoms with van der Waals surface area (Å²) in [6.07, 6.45) is 5.92. The second-order valence-electron chi connectivity index (χ2n) is 4.62. The van der Waals surface area contributed by atoms with Crippen LogP contribution in [0.15, 0.2) is 28.3 Å². The van der Waals surface area contributed by atoms with E-state index in [0.717, 1.165) is 15.9 Å². The Kier molecular flexibility index (Phi) is 3.76. The molecule has 1 aliphatic rings. The highest BCUT2D eigenvalue weighted by molar-refractivity contribution is 9.10. The van der Waals surface area contributed by atoms with Crippen molar-refractivity contribution in [3.8, 4) is 0 Å². The van der Waals surface area contributed by atoms with E-state index < -0.39 is 0 Å². The molecule has 1 atom stereocenters. The molecular formula is C14H16BrCl. The van der Waals surface area contributed by atoms with Crippen LogP contribution in [0.25, 0.3) is 0 Å². The maximum absolute atomic E-state index is 6.11. The molecule has 0 aromatic heterocycles. The molecule has 0 N–H and O–H groups in total. The molecule has 2 rings (SSSR count). The van der Waals surface area contributed by atoms with Gasteiger partial charge in [0.05, 0.1) is 0 Å². The Morgan fingerprint density at radius 2 is 2.06 bits per heavy atom. The fraction of sp³-hybridized carbons (Fsp3) is 0.429. The number of halogens is 2. The van der Waals surface area contributed by atoms with E-state index in [-0.39, 0.29) is 0 Å². The van der Waals surface area contributed by atoms with Crippen LogP contribution in [0.3, 0.4) is 0 Å². The summed E-state index contributed by atoms with van der Waals surface area (Å²) >= 11 is 9.75. The Morgan fingerprint density at radius 1 is 1.31 bits per heavy atom. The molecule has 0 amide bonds. The van der Waals surface area contributed by atoms with Crippen LogP contribution in [0.4, 0.5) is 0 Å². The standard InChI is InChI=1S/C14H16BrCl/c1-9-4-3-5-11-7-12(16)8-13(15)14(11)10(2)6-9/h6-8,10H,3-5H2,1-2H3/b9-6-/t10-/m0/s1. The van der Waals surface area contributed by atoms with Crippen molar-refractivity contribution in [3.63, 3.8) is 0 Å². The lowest BCUT2D eigenvalue weighted by molar-refractivity contribution is 0.762. The van der Waals surface area contributed by atoms with Crippen molar-refractivity contribution >= 4 is 27.5 Å². The lowest BCUT2D eigenvalue weighted by Crippen LogP contribution is -2.03. The zero-order valence-electron chi connectivity index (χ0n) is 9.69. The highest BCUT2D eigenvalue weighted by Crippen LogP contribution is 2.35. The summed E-state index contributed by atoms with van der Waals surface area (Å²) < 4.78 is 1.15. The van der Waals surface area contributed by atoms with Crippen LogP contribution in [0, 0.1) is 0 Å². The first-order valence-electron chi connectivity index (χ1n) is 5.73. The van der Waals surface area contributed by atoms with Gasteiger partial charge in [-0.05, 0) is 49.4 Å². The number of allylic oxidation sites excluding steroid dienone is 2. The largest absolute Gasteiger partial charge is 0.0843 e. The van der Waals surface area contributed by atoms with Crippen LogP contribution in [-0.4, -0.2) is 0 Å². The SMILES string of the molecule is C/C1=C/[C@H](C)c2c(Br)cc(Cl)cc2CCC1. The van der Waals surface area contributed by atoms with Gasteiger partial charge >= 0.3 is 0 Å². The van der Waals surface area contributed by atoms with Crippen LogP contribution < -0.4 is 0 Å². The molecule has 1 aromatic carbocycles. The van der Waals surface area contributed by atoms with Crippen molar-refractivity contribution < 1.29 is 0 Å². The number of hydrogen-bond donors (Lipinski definition) is 0. The maximum Gasteiger partial charge on any atom is 0.0420 e. The average Bonchev–Trinajstić information content (AvgIpc) is 2.13. The Bertz CT molecular complexity index is 435. The van der Waals surface area contributed by atoms with Gasteiger partial charge in [-0.1, -0.05) is 46.1 Å². The molecule has 0 heterocycles. The Labute approximate surface area is 111 Å². The zero-order valence-corrected chi connectivity index (χ0v) is 12.0. The molecule has 0 fully saturated rings. The van der Waals surface area contributed by atoms with E-state index in [9.17, 15) is 0 Å². The summed E-state index contributed by atoms with van der Waals surface area (Å²) in [5.74, 6) is 0.474. The first-order chi connectivity index (χ1) is 7.58. The molecule has 0 aliphatic heterocycles. The quantitative estimate of drug-likeness (QED) is 0.556. The lowest BCUT2D eigenvalue weighted by Gasteiger charge is -2.20. The van der Waals surface area contributed by atoms with E-state index >= 15 is 0 Å². The molecule has 0 bridgehead atoms. The van der Waals surface area contributed by atoms with Gasteiger partial charge in [-0.3, -0.25) is 0 Å². The second-order valence-corrected chi connectivity index (χ2v) is 5.91. The van der Waals surface area contributed by atoms with Gasteiger partial charge in [0, 0.05) is 15.4 Å². The lowest BCUT2D eigenvalue weighted by atomic mass is 9.88. The Hall–Kier alpha value is -0.270. The number of fused-ring (bicyclic) bond motifs is 1. The van der Waals surface area contributed by atoms with E-state index in [0.29, 0.717) is 5.92 Å². The van der Waals surface area contributed by atoms with E-state index in [4.69, 9.17) is 11.6 Å². The predicted molar refractivity (Wildman–Crippen MR) is 74.3 cm³/mol. The van der Waals surface area contributed by atoms with Gasteiger partial charge in [0.15, 0.2) is 0 Å². The van der Waals surface area contributed by atoms with E-state index in [2.05, 4.69) is 41.9 Å². The average molecular weight is 300 g/mol. The molecule has 0 saturated heterocycles. The fourth-order valence-corrected chi connectivity index (χ4v) is 3.74. The number of hydrogen-bond acceptors (Lipinski definition) is 0. The third kappa shape index (κ3) is 2.52. The minimum absolute atomic E-state index is 0.474. The summed E-state index contributed by atoms with van der Waals surface area (Å²) in [6.45, 7) is 4.48. The predicted octanol–water partition coefficient (Wildman–Crippen LogP) is 5.49. The number of rotatable bonds is 0. The number of benzene rings is 1. The van der Waals surface area contributed by atoms with Gasteiger partial charge in [-0.25, -0.2) is 0 Å². The third-order valence-corrected chi connectivity index (χ3v) is 4.06. The normalized spacial score (nSPS) is 24.0. The molecule has 0 nitrogen and oxygen atoms in total. The zero-order chi connectivity index (χ0) is 11.7. The van der Waals surface area contributed by atoms with Crippen LogP contribution in [0.1, 0.15) is 43.7 Å². The van der Waals surface area contributed by atoms with Crippen molar-refractivity contribution in [1.82, 2.24) is 0 Å². The van der Waals surface area contributed by atoms with Gasteiger partial charge in [-0.2, -0.15) is 0 Å². The molecule has 0 saturated carbocycles. The highest BCUT2D eigenvalue weighted by atomic mass is 79.9.